The van der Waals surface area contributed by atoms with Gasteiger partial charge in [-0.2, -0.15) is 0 Å². The summed E-state index contributed by atoms with van der Waals surface area (Å²) >= 11 is 0. The number of fused-ring (bicyclic) bond motifs is 1. The van der Waals surface area contributed by atoms with E-state index in [1.54, 1.807) is 12.1 Å². The van der Waals surface area contributed by atoms with Crippen LogP contribution in [0.1, 0.15) is 19.8 Å². The van der Waals surface area contributed by atoms with Crippen molar-refractivity contribution in [3.8, 4) is 17.1 Å². The summed E-state index contributed by atoms with van der Waals surface area (Å²) in [5.41, 5.74) is 7.55. The second kappa shape index (κ2) is 7.27. The van der Waals surface area contributed by atoms with E-state index in [1.807, 2.05) is 36.4 Å². The molecule has 3 aromatic rings. The van der Waals surface area contributed by atoms with Crippen molar-refractivity contribution < 1.29 is 5.11 Å². The first-order valence-electron chi connectivity index (χ1n) is 8.23. The number of nitrogens with one attached hydrogen (secondary N) is 1. The molecule has 0 aliphatic rings. The number of aromatic hydroxyl groups is 1. The number of nitrogens with two attached hydrogens (primary N) is 1. The maximum atomic E-state index is 10.1. The van der Waals surface area contributed by atoms with Gasteiger partial charge in [-0.25, -0.2) is 9.97 Å². The number of hydrogen-bond acceptors (Lipinski definition) is 5. The fraction of sp³-hybridized carbons (Fsp3) is 0.263. The van der Waals surface area contributed by atoms with Crippen LogP contribution in [-0.4, -0.2) is 27.7 Å². The third-order valence-electron chi connectivity index (χ3n) is 3.94. The van der Waals surface area contributed by atoms with Crippen molar-refractivity contribution in [2.24, 2.45) is 5.73 Å². The van der Waals surface area contributed by atoms with Gasteiger partial charge in [0.25, 0.3) is 0 Å². The van der Waals surface area contributed by atoms with E-state index in [4.69, 9.17) is 5.73 Å². The third kappa shape index (κ3) is 3.46. The Kier molecular flexibility index (Phi) is 4.91. The van der Waals surface area contributed by atoms with Gasteiger partial charge in [-0.1, -0.05) is 37.6 Å². The van der Waals surface area contributed by atoms with Crippen molar-refractivity contribution in [3.63, 3.8) is 0 Å². The van der Waals surface area contributed by atoms with E-state index in [1.165, 1.54) is 0 Å². The average molecular weight is 322 g/mol. The summed E-state index contributed by atoms with van der Waals surface area (Å²) < 4.78 is 0. The van der Waals surface area contributed by atoms with Gasteiger partial charge in [0.05, 0.1) is 11.1 Å². The van der Waals surface area contributed by atoms with Gasteiger partial charge in [0.2, 0.25) is 0 Å². The van der Waals surface area contributed by atoms with Crippen molar-refractivity contribution in [2.75, 3.05) is 11.9 Å². The zero-order valence-corrected chi connectivity index (χ0v) is 13.7. The monoisotopic (exact) mass is 322 g/mol. The molecular formula is C19H22N4O. The highest BCUT2D eigenvalue weighted by atomic mass is 16.3. The van der Waals surface area contributed by atoms with E-state index in [0.29, 0.717) is 17.9 Å². The number of hydrogen-bond donors (Lipinski definition) is 3. The van der Waals surface area contributed by atoms with Gasteiger partial charge >= 0.3 is 0 Å². The number of rotatable bonds is 6. The molecule has 1 heterocycles. The molecule has 0 amide bonds. The van der Waals surface area contributed by atoms with Gasteiger partial charge in [0.1, 0.15) is 11.6 Å². The summed E-state index contributed by atoms with van der Waals surface area (Å²) in [6.45, 7) is 2.77. The van der Waals surface area contributed by atoms with Crippen LogP contribution in [0.25, 0.3) is 22.3 Å². The van der Waals surface area contributed by atoms with Crippen LogP contribution < -0.4 is 11.1 Å². The molecule has 0 saturated heterocycles. The van der Waals surface area contributed by atoms with Crippen molar-refractivity contribution in [1.82, 2.24) is 9.97 Å². The second-order valence-electron chi connectivity index (χ2n) is 5.86. The number of para-hydroxylation sites is 2. The quantitative estimate of drug-likeness (QED) is 0.646. The topological polar surface area (TPSA) is 84.1 Å². The lowest BCUT2D eigenvalue weighted by Crippen LogP contribution is -2.29. The van der Waals surface area contributed by atoms with Gasteiger partial charge < -0.3 is 16.2 Å². The first-order chi connectivity index (χ1) is 11.7. The van der Waals surface area contributed by atoms with Crippen molar-refractivity contribution in [2.45, 2.75) is 25.8 Å². The lowest BCUT2D eigenvalue weighted by molar-refractivity contribution is 0.477. The van der Waals surface area contributed by atoms with Crippen molar-refractivity contribution in [3.05, 3.63) is 48.5 Å². The minimum atomic E-state index is 0.0808. The third-order valence-corrected chi connectivity index (χ3v) is 3.94. The lowest BCUT2D eigenvalue weighted by Gasteiger charge is -2.15. The summed E-state index contributed by atoms with van der Waals surface area (Å²) in [5, 5.41) is 14.4. The predicted octanol–water partition coefficient (Wildman–Crippen LogP) is 3.54. The van der Waals surface area contributed by atoms with Crippen LogP contribution in [0.4, 0.5) is 5.82 Å². The fourth-order valence-corrected chi connectivity index (χ4v) is 2.70. The number of phenolic OH excluding ortho intramolecular Hbond substituents is 1. The van der Waals surface area contributed by atoms with E-state index in [9.17, 15) is 5.11 Å². The van der Waals surface area contributed by atoms with Crippen LogP contribution in [-0.2, 0) is 0 Å². The Morgan fingerprint density at radius 2 is 1.83 bits per heavy atom. The molecule has 0 radical (unpaired) electrons. The summed E-state index contributed by atoms with van der Waals surface area (Å²) in [6.07, 6.45) is 2.01. The van der Waals surface area contributed by atoms with Crippen LogP contribution in [0, 0.1) is 0 Å². The number of benzene rings is 2. The molecule has 124 valence electrons. The molecule has 0 fully saturated rings. The molecule has 2 aromatic carbocycles. The Morgan fingerprint density at radius 1 is 1.08 bits per heavy atom. The zero-order valence-electron chi connectivity index (χ0n) is 13.7. The van der Waals surface area contributed by atoms with E-state index in [2.05, 4.69) is 22.2 Å². The highest BCUT2D eigenvalue weighted by Crippen LogP contribution is 2.29. The van der Waals surface area contributed by atoms with Crippen LogP contribution in [0.15, 0.2) is 48.5 Å². The molecule has 1 unspecified atom stereocenters. The van der Waals surface area contributed by atoms with Crippen LogP contribution >= 0.6 is 0 Å². The Morgan fingerprint density at radius 3 is 2.62 bits per heavy atom. The molecule has 0 bridgehead atoms. The summed E-state index contributed by atoms with van der Waals surface area (Å²) in [7, 11) is 0. The molecule has 4 N–H and O–H groups in total. The SMILES string of the molecule is CCCC(N)CNc1nc(-c2ccccc2O)nc2ccccc12. The molecule has 0 saturated carbocycles. The van der Waals surface area contributed by atoms with Gasteiger partial charge in [-0.05, 0) is 30.7 Å². The lowest BCUT2D eigenvalue weighted by atomic mass is 10.1. The Bertz CT molecular complexity index is 834. The number of phenols is 1. The van der Waals surface area contributed by atoms with Crippen LogP contribution in [0.3, 0.4) is 0 Å². The smallest absolute Gasteiger partial charge is 0.165 e. The van der Waals surface area contributed by atoms with Crippen molar-refractivity contribution in [1.29, 1.82) is 0 Å². The maximum Gasteiger partial charge on any atom is 0.165 e. The first kappa shape index (κ1) is 16.2. The van der Waals surface area contributed by atoms with Gasteiger partial charge in [-0.15, -0.1) is 0 Å². The van der Waals surface area contributed by atoms with E-state index < -0.39 is 0 Å². The number of nitrogens with zero attached hydrogens (tertiary/aromatic N) is 2. The van der Waals surface area contributed by atoms with E-state index in [-0.39, 0.29) is 11.8 Å². The largest absolute Gasteiger partial charge is 0.507 e. The Balaban J connectivity index is 2.02. The van der Waals surface area contributed by atoms with E-state index >= 15 is 0 Å². The normalized spacial score (nSPS) is 12.2. The maximum absolute atomic E-state index is 10.1. The minimum Gasteiger partial charge on any atom is -0.507 e. The molecular weight excluding hydrogens is 300 g/mol. The predicted molar refractivity (Wildman–Crippen MR) is 98.0 cm³/mol. The molecule has 0 aliphatic carbocycles. The highest BCUT2D eigenvalue weighted by Gasteiger charge is 2.12. The summed E-state index contributed by atoms with van der Waals surface area (Å²) in [4.78, 5) is 9.21. The van der Waals surface area contributed by atoms with Crippen molar-refractivity contribution >= 4 is 16.7 Å². The van der Waals surface area contributed by atoms with Crippen LogP contribution in [0.5, 0.6) is 5.75 Å². The Labute approximate surface area is 141 Å². The molecule has 5 nitrogen and oxygen atoms in total. The number of anilines is 1. The molecule has 1 aromatic heterocycles. The number of aromatic nitrogens is 2. The molecule has 0 spiro atoms. The minimum absolute atomic E-state index is 0.0808. The summed E-state index contributed by atoms with van der Waals surface area (Å²) in [5.74, 6) is 1.41. The molecule has 1 atom stereocenters. The highest BCUT2D eigenvalue weighted by molar-refractivity contribution is 5.90. The fourth-order valence-electron chi connectivity index (χ4n) is 2.70. The first-order valence-corrected chi connectivity index (χ1v) is 8.23. The Hall–Kier alpha value is -2.66. The van der Waals surface area contributed by atoms with E-state index in [0.717, 1.165) is 29.6 Å². The second-order valence-corrected chi connectivity index (χ2v) is 5.86. The molecule has 24 heavy (non-hydrogen) atoms. The molecule has 3 rings (SSSR count). The zero-order chi connectivity index (χ0) is 16.9. The average Bonchev–Trinajstić information content (AvgIpc) is 2.60. The van der Waals surface area contributed by atoms with Gasteiger partial charge in [0, 0.05) is 18.0 Å². The molecule has 5 heteroatoms. The van der Waals surface area contributed by atoms with Gasteiger partial charge in [0.15, 0.2) is 5.82 Å². The summed E-state index contributed by atoms with van der Waals surface area (Å²) in [6, 6.07) is 15.0. The van der Waals surface area contributed by atoms with Crippen LogP contribution in [0.2, 0.25) is 0 Å². The van der Waals surface area contributed by atoms with Gasteiger partial charge in [-0.3, -0.25) is 0 Å². The molecule has 0 aliphatic heterocycles. The standard InChI is InChI=1S/C19H22N4O/c1-2-7-13(20)12-21-18-14-8-3-5-10-16(14)22-19(23-18)15-9-4-6-11-17(15)24/h3-6,8-11,13,24H,2,7,12,20H2,1H3,(H,21,22,23).